The van der Waals surface area contributed by atoms with Gasteiger partial charge in [-0.25, -0.2) is 4.68 Å². The number of rotatable bonds is 4. The first-order chi connectivity index (χ1) is 13.5. The number of amides is 1. The van der Waals surface area contributed by atoms with Crippen LogP contribution in [0.25, 0.3) is 20.2 Å². The van der Waals surface area contributed by atoms with Crippen molar-refractivity contribution >= 4 is 37.4 Å². The van der Waals surface area contributed by atoms with Crippen LogP contribution in [0.3, 0.4) is 0 Å². The molecule has 2 aromatic heterocycles. The van der Waals surface area contributed by atoms with Crippen LogP contribution in [0.5, 0.6) is 0 Å². The molecule has 2 heterocycles. The van der Waals surface area contributed by atoms with Crippen LogP contribution in [0.4, 0.5) is 0 Å². The zero-order chi connectivity index (χ0) is 19.8. The number of nitrogens with zero attached hydrogens (tertiary/aromatic N) is 2. The van der Waals surface area contributed by atoms with E-state index in [2.05, 4.69) is 17.3 Å². The molecular formula is C22H27N3O2S. The van der Waals surface area contributed by atoms with Gasteiger partial charge in [0.15, 0.2) is 0 Å². The lowest BCUT2D eigenvalue weighted by Gasteiger charge is -2.31. The fraction of sp³-hybridized carbons (Fsp3) is 0.500. The molecule has 1 aromatic carbocycles. The van der Waals surface area contributed by atoms with E-state index >= 15 is 0 Å². The molecule has 1 N–H and O–H groups in total. The SMILES string of the molecule is CC[C@H](C(=O)N[C@@H]1CCCC[C@@H]1C)n1nc(C)c2sc3ccccc3c2c1=O. The number of hydrogen-bond acceptors (Lipinski definition) is 4. The summed E-state index contributed by atoms with van der Waals surface area (Å²) >= 11 is 1.59. The Morgan fingerprint density at radius 1 is 1.32 bits per heavy atom. The highest BCUT2D eigenvalue weighted by Gasteiger charge is 2.28. The largest absolute Gasteiger partial charge is 0.351 e. The molecule has 1 amide bonds. The number of thiophene rings is 1. The van der Waals surface area contributed by atoms with E-state index in [9.17, 15) is 9.59 Å². The monoisotopic (exact) mass is 397 g/mol. The number of carbonyl (C=O) groups is 1. The second-order valence-corrected chi connectivity index (χ2v) is 8.99. The average molecular weight is 398 g/mol. The van der Waals surface area contributed by atoms with E-state index < -0.39 is 6.04 Å². The predicted molar refractivity (Wildman–Crippen MR) is 115 cm³/mol. The smallest absolute Gasteiger partial charge is 0.276 e. The number of carbonyl (C=O) groups excluding carboxylic acids is 1. The van der Waals surface area contributed by atoms with Gasteiger partial charge < -0.3 is 5.32 Å². The minimum absolute atomic E-state index is 0.0888. The molecule has 4 rings (SSSR count). The van der Waals surface area contributed by atoms with Crippen LogP contribution in [0.1, 0.15) is 57.7 Å². The van der Waals surface area contributed by atoms with Gasteiger partial charge in [-0.15, -0.1) is 11.3 Å². The molecule has 1 aliphatic rings. The van der Waals surface area contributed by atoms with Gasteiger partial charge in [0.2, 0.25) is 5.91 Å². The van der Waals surface area contributed by atoms with Crippen molar-refractivity contribution in [2.24, 2.45) is 5.92 Å². The van der Waals surface area contributed by atoms with Crippen LogP contribution in [0, 0.1) is 12.8 Å². The maximum atomic E-state index is 13.3. The Kier molecular flexibility index (Phi) is 5.23. The van der Waals surface area contributed by atoms with E-state index in [1.165, 1.54) is 11.1 Å². The van der Waals surface area contributed by atoms with Gasteiger partial charge in [-0.05, 0) is 38.2 Å². The Morgan fingerprint density at radius 3 is 2.82 bits per heavy atom. The van der Waals surface area contributed by atoms with E-state index in [0.29, 0.717) is 17.7 Å². The summed E-state index contributed by atoms with van der Waals surface area (Å²) in [5.41, 5.74) is 0.629. The van der Waals surface area contributed by atoms with Gasteiger partial charge in [0.05, 0.1) is 15.8 Å². The Labute approximate surface area is 168 Å². The van der Waals surface area contributed by atoms with E-state index in [0.717, 1.165) is 39.7 Å². The minimum atomic E-state index is -0.580. The number of benzene rings is 1. The average Bonchev–Trinajstić information content (AvgIpc) is 3.08. The van der Waals surface area contributed by atoms with Crippen molar-refractivity contribution in [2.75, 3.05) is 0 Å². The van der Waals surface area contributed by atoms with Crippen molar-refractivity contribution in [3.8, 4) is 0 Å². The highest BCUT2D eigenvalue weighted by Crippen LogP contribution is 2.33. The van der Waals surface area contributed by atoms with Crippen molar-refractivity contribution in [3.63, 3.8) is 0 Å². The normalized spacial score (nSPS) is 21.1. The number of aromatic nitrogens is 2. The molecule has 3 atom stereocenters. The molecule has 0 radical (unpaired) electrons. The van der Waals surface area contributed by atoms with Crippen LogP contribution in [-0.2, 0) is 4.79 Å². The Hall–Kier alpha value is -2.21. The fourth-order valence-electron chi connectivity index (χ4n) is 4.37. The van der Waals surface area contributed by atoms with Gasteiger partial charge >= 0.3 is 0 Å². The fourth-order valence-corrected chi connectivity index (χ4v) is 5.50. The van der Waals surface area contributed by atoms with Crippen molar-refractivity contribution in [1.82, 2.24) is 15.1 Å². The molecule has 148 valence electrons. The molecule has 5 nitrogen and oxygen atoms in total. The predicted octanol–water partition coefficient (Wildman–Crippen LogP) is 4.57. The molecule has 6 heteroatoms. The molecule has 28 heavy (non-hydrogen) atoms. The van der Waals surface area contributed by atoms with Gasteiger partial charge in [0.1, 0.15) is 6.04 Å². The van der Waals surface area contributed by atoms with Crippen LogP contribution in [-0.4, -0.2) is 21.7 Å². The topological polar surface area (TPSA) is 64.0 Å². The van der Waals surface area contributed by atoms with Crippen LogP contribution in [0.15, 0.2) is 29.1 Å². The summed E-state index contributed by atoms with van der Waals surface area (Å²) in [4.78, 5) is 26.4. The van der Waals surface area contributed by atoms with Gasteiger partial charge in [-0.2, -0.15) is 5.10 Å². The summed E-state index contributed by atoms with van der Waals surface area (Å²) in [5, 5.41) is 9.39. The van der Waals surface area contributed by atoms with E-state index in [1.807, 2.05) is 38.1 Å². The number of fused-ring (bicyclic) bond motifs is 3. The van der Waals surface area contributed by atoms with E-state index in [1.54, 1.807) is 11.3 Å². The van der Waals surface area contributed by atoms with E-state index in [-0.39, 0.29) is 17.5 Å². The third kappa shape index (κ3) is 3.24. The lowest BCUT2D eigenvalue weighted by atomic mass is 9.86. The molecule has 0 spiro atoms. The maximum absolute atomic E-state index is 13.3. The van der Waals surface area contributed by atoms with Gasteiger partial charge in [-0.3, -0.25) is 9.59 Å². The molecule has 1 saturated carbocycles. The second kappa shape index (κ2) is 7.66. The number of aryl methyl sites for hydroxylation is 1. The summed E-state index contributed by atoms with van der Waals surface area (Å²) in [6.45, 7) is 6.05. The Balaban J connectivity index is 1.75. The molecule has 1 fully saturated rings. The summed E-state index contributed by atoms with van der Waals surface area (Å²) in [6, 6.07) is 7.54. The molecule has 0 aliphatic heterocycles. The minimum Gasteiger partial charge on any atom is -0.351 e. The van der Waals surface area contributed by atoms with Crippen LogP contribution in [0.2, 0.25) is 0 Å². The third-order valence-electron chi connectivity index (χ3n) is 6.03. The van der Waals surface area contributed by atoms with Crippen LogP contribution < -0.4 is 10.9 Å². The quantitative estimate of drug-likeness (QED) is 0.702. The standard InChI is InChI=1S/C22H27N3O2S/c1-4-17(21(26)23-16-11-7-5-9-13(16)2)25-22(27)19-15-10-6-8-12-18(15)28-20(19)14(3)24-25/h6,8,10,12-13,16-17H,4-5,7,9,11H2,1-3H3,(H,23,26)/t13-,16+,17+/m0/s1. The molecule has 0 saturated heterocycles. The molecule has 1 aliphatic carbocycles. The maximum Gasteiger partial charge on any atom is 0.276 e. The molecule has 0 unspecified atom stereocenters. The first kappa shape index (κ1) is 19.1. The summed E-state index contributed by atoms with van der Waals surface area (Å²) in [5.74, 6) is 0.388. The highest BCUT2D eigenvalue weighted by atomic mass is 32.1. The zero-order valence-electron chi connectivity index (χ0n) is 16.7. The lowest BCUT2D eigenvalue weighted by molar-refractivity contribution is -0.126. The Bertz CT molecular complexity index is 1080. The summed E-state index contributed by atoms with van der Waals surface area (Å²) < 4.78 is 3.41. The first-order valence-corrected chi connectivity index (χ1v) is 11.0. The first-order valence-electron chi connectivity index (χ1n) is 10.2. The van der Waals surface area contributed by atoms with Crippen molar-refractivity contribution in [1.29, 1.82) is 0 Å². The van der Waals surface area contributed by atoms with Crippen molar-refractivity contribution < 1.29 is 4.79 Å². The van der Waals surface area contributed by atoms with Gasteiger partial charge in [0, 0.05) is 16.1 Å². The van der Waals surface area contributed by atoms with Gasteiger partial charge in [0.25, 0.3) is 5.56 Å². The number of nitrogens with one attached hydrogen (secondary N) is 1. The lowest BCUT2D eigenvalue weighted by Crippen LogP contribution is -2.46. The van der Waals surface area contributed by atoms with Crippen LogP contribution >= 0.6 is 11.3 Å². The summed E-state index contributed by atoms with van der Waals surface area (Å²) in [6.07, 6.45) is 5.07. The van der Waals surface area contributed by atoms with E-state index in [4.69, 9.17) is 0 Å². The molecule has 0 bridgehead atoms. The molecule has 3 aromatic rings. The number of hydrogen-bond donors (Lipinski definition) is 1. The van der Waals surface area contributed by atoms with Gasteiger partial charge in [-0.1, -0.05) is 44.9 Å². The van der Waals surface area contributed by atoms with Crippen molar-refractivity contribution in [3.05, 3.63) is 40.3 Å². The Morgan fingerprint density at radius 2 is 2.07 bits per heavy atom. The van der Waals surface area contributed by atoms with Crippen molar-refractivity contribution in [2.45, 2.75) is 65.0 Å². The summed E-state index contributed by atoms with van der Waals surface area (Å²) in [7, 11) is 0. The molecular weight excluding hydrogens is 370 g/mol. The highest BCUT2D eigenvalue weighted by molar-refractivity contribution is 7.26. The zero-order valence-corrected chi connectivity index (χ0v) is 17.5. The third-order valence-corrected chi connectivity index (χ3v) is 7.31. The second-order valence-electron chi connectivity index (χ2n) is 7.94.